The molecular weight excluding hydrogens is 186 g/mol. The van der Waals surface area contributed by atoms with Gasteiger partial charge in [0, 0.05) is 29.7 Å². The third-order valence-electron chi connectivity index (χ3n) is 1.79. The minimum Gasteiger partial charge on any atom is -0.264 e. The number of halogens is 2. The monoisotopic (exact) mass is 192 g/mol. The predicted octanol–water partition coefficient (Wildman–Crippen LogP) is 2.42. The van der Waals surface area contributed by atoms with Crippen LogP contribution in [0.5, 0.6) is 0 Å². The molecule has 0 bridgehead atoms. The van der Waals surface area contributed by atoms with Gasteiger partial charge in [0.25, 0.3) is 0 Å². The summed E-state index contributed by atoms with van der Waals surface area (Å²) in [6.07, 6.45) is 4.45. The molecule has 0 aliphatic carbocycles. The molecule has 0 fully saturated rings. The number of rotatable bonds is 1. The van der Waals surface area contributed by atoms with Crippen LogP contribution in [-0.4, -0.2) is 9.97 Å². The Bertz CT molecular complexity index is 443. The molecule has 0 atom stereocenters. The zero-order valence-corrected chi connectivity index (χ0v) is 7.11. The van der Waals surface area contributed by atoms with E-state index in [0.717, 1.165) is 6.07 Å². The Morgan fingerprint density at radius 2 is 1.93 bits per heavy atom. The largest absolute Gasteiger partial charge is 0.264 e. The van der Waals surface area contributed by atoms with Crippen LogP contribution in [0.3, 0.4) is 0 Å². The van der Waals surface area contributed by atoms with Gasteiger partial charge in [-0.1, -0.05) is 6.07 Å². The van der Waals surface area contributed by atoms with Crippen molar-refractivity contribution in [2.75, 3.05) is 0 Å². The zero-order valence-electron chi connectivity index (χ0n) is 7.11. The second kappa shape index (κ2) is 3.49. The number of hydrogen-bond donors (Lipinski definition) is 0. The fraction of sp³-hybridized carbons (Fsp3) is 0. The molecule has 14 heavy (non-hydrogen) atoms. The van der Waals surface area contributed by atoms with Crippen molar-refractivity contribution in [2.45, 2.75) is 0 Å². The van der Waals surface area contributed by atoms with Gasteiger partial charge in [-0.25, -0.2) is 9.37 Å². The first-order chi connectivity index (χ1) is 6.77. The molecule has 0 saturated carbocycles. The molecule has 0 amide bonds. The lowest BCUT2D eigenvalue weighted by atomic mass is 10.1. The molecular formula is C10H6F2N2. The van der Waals surface area contributed by atoms with E-state index in [0.29, 0.717) is 11.1 Å². The van der Waals surface area contributed by atoms with Crippen molar-refractivity contribution in [1.29, 1.82) is 0 Å². The van der Waals surface area contributed by atoms with Crippen LogP contribution in [0.25, 0.3) is 11.1 Å². The molecule has 4 heteroatoms. The van der Waals surface area contributed by atoms with E-state index in [9.17, 15) is 8.78 Å². The van der Waals surface area contributed by atoms with Gasteiger partial charge in [-0.3, -0.25) is 4.98 Å². The Hall–Kier alpha value is -1.84. The van der Waals surface area contributed by atoms with Crippen LogP contribution >= 0.6 is 0 Å². The highest BCUT2D eigenvalue weighted by Gasteiger charge is 2.05. The Labute approximate surface area is 79.3 Å². The van der Waals surface area contributed by atoms with Crippen LogP contribution in [0.15, 0.2) is 36.8 Å². The van der Waals surface area contributed by atoms with E-state index < -0.39 is 11.8 Å². The van der Waals surface area contributed by atoms with Crippen LogP contribution in [0, 0.1) is 11.8 Å². The molecule has 2 heterocycles. The molecule has 0 unspecified atom stereocenters. The van der Waals surface area contributed by atoms with Gasteiger partial charge in [-0.2, -0.15) is 4.39 Å². The molecule has 0 aromatic carbocycles. The highest BCUT2D eigenvalue weighted by atomic mass is 19.2. The normalized spacial score (nSPS) is 10.1. The van der Waals surface area contributed by atoms with Crippen LogP contribution in [0.2, 0.25) is 0 Å². The maximum absolute atomic E-state index is 12.8. The SMILES string of the molecule is Fc1cc(-c2cccnc2)cnc1F. The molecule has 2 aromatic rings. The number of hydrogen-bond acceptors (Lipinski definition) is 2. The summed E-state index contributed by atoms with van der Waals surface area (Å²) in [5.74, 6) is -2.04. The molecule has 2 aromatic heterocycles. The van der Waals surface area contributed by atoms with E-state index in [4.69, 9.17) is 0 Å². The summed E-state index contributed by atoms with van der Waals surface area (Å²) in [4.78, 5) is 7.15. The van der Waals surface area contributed by atoms with Crippen LogP contribution < -0.4 is 0 Å². The van der Waals surface area contributed by atoms with Crippen molar-refractivity contribution in [1.82, 2.24) is 9.97 Å². The Morgan fingerprint density at radius 3 is 2.57 bits per heavy atom. The average molecular weight is 192 g/mol. The van der Waals surface area contributed by atoms with Crippen molar-refractivity contribution in [3.05, 3.63) is 48.6 Å². The van der Waals surface area contributed by atoms with Gasteiger partial charge in [-0.15, -0.1) is 0 Å². The summed E-state index contributed by atoms with van der Waals surface area (Å²) in [5.41, 5.74) is 1.22. The van der Waals surface area contributed by atoms with Gasteiger partial charge >= 0.3 is 0 Å². The van der Waals surface area contributed by atoms with Gasteiger partial charge in [0.05, 0.1) is 0 Å². The summed E-state index contributed by atoms with van der Waals surface area (Å²) in [7, 11) is 0. The van der Waals surface area contributed by atoms with Gasteiger partial charge < -0.3 is 0 Å². The lowest BCUT2D eigenvalue weighted by Gasteiger charge is -1.99. The number of pyridine rings is 2. The summed E-state index contributed by atoms with van der Waals surface area (Å²) in [6.45, 7) is 0. The van der Waals surface area contributed by atoms with Crippen LogP contribution in [0.4, 0.5) is 8.78 Å². The van der Waals surface area contributed by atoms with E-state index in [1.165, 1.54) is 6.20 Å². The van der Waals surface area contributed by atoms with Crippen molar-refractivity contribution >= 4 is 0 Å². The van der Waals surface area contributed by atoms with E-state index in [1.54, 1.807) is 24.5 Å². The van der Waals surface area contributed by atoms with Crippen LogP contribution in [0.1, 0.15) is 0 Å². The number of nitrogens with zero attached hydrogens (tertiary/aromatic N) is 2. The minimum absolute atomic E-state index is 0.511. The highest BCUT2D eigenvalue weighted by molar-refractivity contribution is 5.60. The molecule has 0 spiro atoms. The summed E-state index contributed by atoms with van der Waals surface area (Å²) in [6, 6.07) is 4.57. The van der Waals surface area contributed by atoms with Gasteiger partial charge in [0.1, 0.15) is 0 Å². The molecule has 2 nitrogen and oxygen atoms in total. The van der Waals surface area contributed by atoms with Crippen molar-refractivity contribution in [2.24, 2.45) is 0 Å². The fourth-order valence-electron chi connectivity index (χ4n) is 1.11. The average Bonchev–Trinajstić information content (AvgIpc) is 2.23. The van der Waals surface area contributed by atoms with E-state index in [2.05, 4.69) is 9.97 Å². The maximum atomic E-state index is 12.8. The summed E-state index contributed by atoms with van der Waals surface area (Å²) in [5, 5.41) is 0. The first-order valence-corrected chi connectivity index (χ1v) is 3.99. The maximum Gasteiger partial charge on any atom is 0.248 e. The quantitative estimate of drug-likeness (QED) is 0.648. The Balaban J connectivity index is 2.48. The third kappa shape index (κ3) is 1.59. The molecule has 0 aliphatic heterocycles. The van der Waals surface area contributed by atoms with E-state index >= 15 is 0 Å². The summed E-state index contributed by atoms with van der Waals surface area (Å²) >= 11 is 0. The van der Waals surface area contributed by atoms with E-state index in [-0.39, 0.29) is 0 Å². The fourth-order valence-corrected chi connectivity index (χ4v) is 1.11. The van der Waals surface area contributed by atoms with Crippen molar-refractivity contribution < 1.29 is 8.78 Å². The Morgan fingerprint density at radius 1 is 1.07 bits per heavy atom. The highest BCUT2D eigenvalue weighted by Crippen LogP contribution is 2.18. The van der Waals surface area contributed by atoms with Crippen LogP contribution in [-0.2, 0) is 0 Å². The first kappa shape index (κ1) is 8.74. The summed E-state index contributed by atoms with van der Waals surface area (Å²) < 4.78 is 25.3. The first-order valence-electron chi connectivity index (χ1n) is 3.99. The van der Waals surface area contributed by atoms with Crippen molar-refractivity contribution in [3.8, 4) is 11.1 Å². The lowest BCUT2D eigenvalue weighted by Crippen LogP contribution is -1.90. The molecule has 70 valence electrons. The van der Waals surface area contributed by atoms with Crippen molar-refractivity contribution in [3.63, 3.8) is 0 Å². The molecule has 0 saturated heterocycles. The van der Waals surface area contributed by atoms with Gasteiger partial charge in [-0.05, 0) is 12.1 Å². The minimum atomic E-state index is -1.09. The predicted molar refractivity (Wildman–Crippen MR) is 47.4 cm³/mol. The zero-order chi connectivity index (χ0) is 9.97. The number of aromatic nitrogens is 2. The molecule has 0 aliphatic rings. The van der Waals surface area contributed by atoms with Gasteiger partial charge in [0.2, 0.25) is 5.95 Å². The van der Waals surface area contributed by atoms with E-state index in [1.807, 2.05) is 0 Å². The van der Waals surface area contributed by atoms with Gasteiger partial charge in [0.15, 0.2) is 5.82 Å². The Kier molecular flexibility index (Phi) is 2.18. The second-order valence-electron chi connectivity index (χ2n) is 2.74. The topological polar surface area (TPSA) is 25.8 Å². The second-order valence-corrected chi connectivity index (χ2v) is 2.74. The lowest BCUT2D eigenvalue weighted by molar-refractivity contribution is 0.480. The molecule has 2 rings (SSSR count). The third-order valence-corrected chi connectivity index (χ3v) is 1.79. The smallest absolute Gasteiger partial charge is 0.248 e. The standard InChI is InChI=1S/C10H6F2N2/c11-9-4-8(6-14-10(9)12)7-2-1-3-13-5-7/h1-6H. The molecule has 0 radical (unpaired) electrons. The molecule has 0 N–H and O–H groups in total.